The van der Waals surface area contributed by atoms with Crippen molar-refractivity contribution in [2.75, 3.05) is 39.7 Å². The van der Waals surface area contributed by atoms with Crippen LogP contribution in [0.15, 0.2) is 48.5 Å². The second-order valence-corrected chi connectivity index (χ2v) is 9.94. The summed E-state index contributed by atoms with van der Waals surface area (Å²) in [5.41, 5.74) is 1.65. The van der Waals surface area contributed by atoms with Gasteiger partial charge >= 0.3 is 0 Å². The van der Waals surface area contributed by atoms with E-state index in [0.717, 1.165) is 30.0 Å². The van der Waals surface area contributed by atoms with E-state index in [-0.39, 0.29) is 23.8 Å². The number of unbranched alkanes of at least 4 members (excludes halogenated alkanes) is 1. The fourth-order valence-electron chi connectivity index (χ4n) is 3.93. The summed E-state index contributed by atoms with van der Waals surface area (Å²) in [5, 5.41) is 7.74. The molecule has 0 aliphatic heterocycles. The Bertz CT molecular complexity index is 1220. The average Bonchev–Trinajstić information content (AvgIpc) is 3.34. The third-order valence-electron chi connectivity index (χ3n) is 6.11. The van der Waals surface area contributed by atoms with Gasteiger partial charge in [0.1, 0.15) is 35.2 Å². The zero-order chi connectivity index (χ0) is 27.9. The van der Waals surface area contributed by atoms with Crippen molar-refractivity contribution in [1.82, 2.24) is 14.7 Å². The normalized spacial score (nSPS) is 11.1. The predicted molar refractivity (Wildman–Crippen MR) is 148 cm³/mol. The summed E-state index contributed by atoms with van der Waals surface area (Å²) in [6, 6.07) is 14.5. The molecule has 0 saturated heterocycles. The average molecular weight is 523 g/mol. The van der Waals surface area contributed by atoms with Gasteiger partial charge in [-0.15, -0.1) is 0 Å². The maximum absolute atomic E-state index is 13.6. The van der Waals surface area contributed by atoms with Crippen LogP contribution < -0.4 is 19.5 Å². The van der Waals surface area contributed by atoms with Crippen molar-refractivity contribution < 1.29 is 23.8 Å². The number of carbonyl (C=O) groups excluding carboxylic acids is 2. The number of hydrogen-bond acceptors (Lipinski definition) is 6. The number of rotatable bonds is 11. The molecular formula is C29H38N4O5. The molecule has 0 bridgehead atoms. The molecule has 0 fully saturated rings. The molecule has 0 radical (unpaired) electrons. The first-order valence-electron chi connectivity index (χ1n) is 12.7. The van der Waals surface area contributed by atoms with Crippen LogP contribution in [0.2, 0.25) is 0 Å². The van der Waals surface area contributed by atoms with Crippen molar-refractivity contribution in [1.29, 1.82) is 0 Å². The van der Waals surface area contributed by atoms with Crippen molar-refractivity contribution in [2.24, 2.45) is 0 Å². The van der Waals surface area contributed by atoms with Gasteiger partial charge in [-0.05, 0) is 42.8 Å². The van der Waals surface area contributed by atoms with Crippen LogP contribution in [0.1, 0.15) is 56.6 Å². The van der Waals surface area contributed by atoms with Crippen molar-refractivity contribution in [3.8, 4) is 22.9 Å². The molecule has 0 atom stereocenters. The quantitative estimate of drug-likeness (QED) is 0.378. The van der Waals surface area contributed by atoms with Gasteiger partial charge in [0.25, 0.3) is 5.91 Å². The smallest absolute Gasteiger partial charge is 0.261 e. The summed E-state index contributed by atoms with van der Waals surface area (Å²) in [4.78, 5) is 28.5. The van der Waals surface area contributed by atoms with E-state index in [1.807, 2.05) is 37.3 Å². The molecule has 9 nitrogen and oxygen atoms in total. The molecular weight excluding hydrogens is 484 g/mol. The van der Waals surface area contributed by atoms with Gasteiger partial charge < -0.3 is 24.4 Å². The Kier molecular flexibility index (Phi) is 9.39. The molecule has 1 aromatic heterocycles. The van der Waals surface area contributed by atoms with Crippen molar-refractivity contribution in [2.45, 2.75) is 46.0 Å². The first kappa shape index (κ1) is 28.6. The van der Waals surface area contributed by atoms with E-state index in [1.54, 1.807) is 30.0 Å². The highest BCUT2D eigenvalue weighted by atomic mass is 16.5. The van der Waals surface area contributed by atoms with E-state index >= 15 is 0 Å². The van der Waals surface area contributed by atoms with Gasteiger partial charge in [-0.25, -0.2) is 4.68 Å². The van der Waals surface area contributed by atoms with Gasteiger partial charge in [0.15, 0.2) is 0 Å². The summed E-state index contributed by atoms with van der Waals surface area (Å²) in [7, 11) is 4.61. The summed E-state index contributed by atoms with van der Waals surface area (Å²) < 4.78 is 17.8. The maximum atomic E-state index is 13.6. The monoisotopic (exact) mass is 522 g/mol. The number of aromatic nitrogens is 2. The van der Waals surface area contributed by atoms with Gasteiger partial charge in [-0.1, -0.05) is 40.2 Å². The second-order valence-electron chi connectivity index (χ2n) is 9.94. The molecule has 2 aromatic carbocycles. The van der Waals surface area contributed by atoms with Crippen LogP contribution in [-0.2, 0) is 10.2 Å². The molecule has 0 spiro atoms. The lowest BCUT2D eigenvalue weighted by molar-refractivity contribution is -0.117. The fourth-order valence-corrected chi connectivity index (χ4v) is 3.93. The fraction of sp³-hybridized carbons (Fsp3) is 0.414. The van der Waals surface area contributed by atoms with Crippen LogP contribution in [0.25, 0.3) is 5.69 Å². The van der Waals surface area contributed by atoms with Crippen molar-refractivity contribution >= 4 is 17.6 Å². The van der Waals surface area contributed by atoms with E-state index in [9.17, 15) is 9.59 Å². The minimum atomic E-state index is -0.335. The number of nitrogens with zero attached hydrogens (tertiary/aromatic N) is 3. The van der Waals surface area contributed by atoms with Crippen LogP contribution >= 0.6 is 0 Å². The van der Waals surface area contributed by atoms with E-state index < -0.39 is 0 Å². The SMILES string of the molecule is CCCCN(CC(=O)Nc1cc(C(C)(C)C)nn1-c1ccc(OC)cc1)C(=O)c1c(OC)cccc1OC. The molecule has 0 aliphatic rings. The van der Waals surface area contributed by atoms with Crippen LogP contribution in [0.3, 0.4) is 0 Å². The Morgan fingerprint density at radius 1 is 0.974 bits per heavy atom. The van der Waals surface area contributed by atoms with Gasteiger partial charge in [0, 0.05) is 18.0 Å². The lowest BCUT2D eigenvalue weighted by atomic mass is 9.92. The molecule has 3 aromatic rings. The van der Waals surface area contributed by atoms with E-state index in [0.29, 0.717) is 29.4 Å². The highest BCUT2D eigenvalue weighted by Gasteiger charge is 2.27. The number of ether oxygens (including phenoxy) is 3. The minimum absolute atomic E-state index is 0.140. The topological polar surface area (TPSA) is 94.9 Å². The minimum Gasteiger partial charge on any atom is -0.497 e. The van der Waals surface area contributed by atoms with Crippen molar-refractivity contribution in [3.63, 3.8) is 0 Å². The van der Waals surface area contributed by atoms with E-state index in [2.05, 4.69) is 26.1 Å². The van der Waals surface area contributed by atoms with E-state index in [4.69, 9.17) is 19.3 Å². The second kappa shape index (κ2) is 12.5. The third kappa shape index (κ3) is 6.65. The number of carbonyl (C=O) groups is 2. The van der Waals surface area contributed by atoms with Crippen LogP contribution in [0.4, 0.5) is 5.82 Å². The molecule has 1 heterocycles. The number of anilines is 1. The lowest BCUT2D eigenvalue weighted by Crippen LogP contribution is -2.39. The molecule has 204 valence electrons. The largest absolute Gasteiger partial charge is 0.497 e. The Morgan fingerprint density at radius 3 is 2.13 bits per heavy atom. The number of hydrogen-bond donors (Lipinski definition) is 1. The number of benzene rings is 2. The standard InChI is InChI=1S/C29H38N4O5/c1-8-9-17-32(28(35)27-22(37-6)11-10-12-23(27)38-7)19-26(34)30-25-18-24(29(2,3)4)31-33(25)20-13-15-21(36-5)16-14-20/h10-16,18H,8-9,17,19H2,1-7H3,(H,30,34). The van der Waals surface area contributed by atoms with Gasteiger partial charge in [-0.2, -0.15) is 5.10 Å². The molecule has 38 heavy (non-hydrogen) atoms. The first-order chi connectivity index (χ1) is 18.1. The third-order valence-corrected chi connectivity index (χ3v) is 6.11. The number of methoxy groups -OCH3 is 3. The Morgan fingerprint density at radius 2 is 1.61 bits per heavy atom. The highest BCUT2D eigenvalue weighted by Crippen LogP contribution is 2.30. The summed E-state index contributed by atoms with van der Waals surface area (Å²) in [6.45, 7) is 8.49. The maximum Gasteiger partial charge on any atom is 0.261 e. The molecule has 1 N–H and O–H groups in total. The summed E-state index contributed by atoms with van der Waals surface area (Å²) >= 11 is 0. The Labute approximate surface area is 224 Å². The zero-order valence-electron chi connectivity index (χ0n) is 23.3. The molecule has 9 heteroatoms. The highest BCUT2D eigenvalue weighted by molar-refractivity contribution is 6.02. The molecule has 0 unspecified atom stereocenters. The van der Waals surface area contributed by atoms with Gasteiger partial charge in [0.2, 0.25) is 5.91 Å². The first-order valence-corrected chi connectivity index (χ1v) is 12.7. The van der Waals surface area contributed by atoms with E-state index in [1.165, 1.54) is 19.1 Å². The van der Waals surface area contributed by atoms with Crippen molar-refractivity contribution in [3.05, 3.63) is 59.8 Å². The predicted octanol–water partition coefficient (Wildman–Crippen LogP) is 5.08. The molecule has 0 saturated carbocycles. The molecule has 2 amide bonds. The van der Waals surface area contributed by atoms with Crippen LogP contribution in [0.5, 0.6) is 17.2 Å². The summed E-state index contributed by atoms with van der Waals surface area (Å²) in [5.74, 6) is 1.36. The Hall–Kier alpha value is -4.01. The van der Waals surface area contributed by atoms with Crippen LogP contribution in [0, 0.1) is 0 Å². The lowest BCUT2D eigenvalue weighted by Gasteiger charge is -2.24. The van der Waals surface area contributed by atoms with Gasteiger partial charge in [-0.3, -0.25) is 9.59 Å². The van der Waals surface area contributed by atoms with Crippen LogP contribution in [-0.4, -0.2) is 60.9 Å². The number of amides is 2. The Balaban J connectivity index is 1.91. The molecule has 0 aliphatic carbocycles. The van der Waals surface area contributed by atoms with Gasteiger partial charge in [0.05, 0.1) is 32.7 Å². The summed E-state index contributed by atoms with van der Waals surface area (Å²) in [6.07, 6.45) is 1.61. The molecule has 3 rings (SSSR count). The zero-order valence-corrected chi connectivity index (χ0v) is 23.3. The number of nitrogens with one attached hydrogen (secondary N) is 1.